The molecule has 1 aliphatic carbocycles. The van der Waals surface area contributed by atoms with Crippen molar-refractivity contribution >= 4 is 0 Å². The number of hydrogen-bond acceptors (Lipinski definition) is 1. The third-order valence-corrected chi connectivity index (χ3v) is 3.92. The van der Waals surface area contributed by atoms with Crippen molar-refractivity contribution in [2.24, 2.45) is 17.8 Å². The molecule has 1 heteroatoms. The molecule has 0 spiro atoms. The molecule has 1 heterocycles. The van der Waals surface area contributed by atoms with Crippen LogP contribution in [0.15, 0.2) is 0 Å². The first-order valence-electron chi connectivity index (χ1n) is 5.49. The Morgan fingerprint density at radius 2 is 1.75 bits per heavy atom. The lowest BCUT2D eigenvalue weighted by Crippen LogP contribution is -2.46. The third kappa shape index (κ3) is 1.39. The van der Waals surface area contributed by atoms with Crippen LogP contribution in [0.5, 0.6) is 0 Å². The largest absolute Gasteiger partial charge is 0.306 e. The molecule has 1 saturated heterocycles. The Labute approximate surface area is 76.1 Å². The van der Waals surface area contributed by atoms with E-state index in [2.05, 4.69) is 18.9 Å². The van der Waals surface area contributed by atoms with Gasteiger partial charge in [-0.05, 0) is 37.6 Å². The van der Waals surface area contributed by atoms with Crippen LogP contribution in [0.1, 0.15) is 32.6 Å². The van der Waals surface area contributed by atoms with E-state index >= 15 is 0 Å². The maximum Gasteiger partial charge on any atom is 0.000948 e. The van der Waals surface area contributed by atoms with Gasteiger partial charge in [-0.1, -0.05) is 19.8 Å². The van der Waals surface area contributed by atoms with Gasteiger partial charge >= 0.3 is 0 Å². The summed E-state index contributed by atoms with van der Waals surface area (Å²) in [4.78, 5) is 2.54. The van der Waals surface area contributed by atoms with Crippen molar-refractivity contribution in [2.75, 3.05) is 20.1 Å². The number of likely N-dealkylation sites (tertiary alicyclic amines) is 1. The van der Waals surface area contributed by atoms with Gasteiger partial charge in [-0.3, -0.25) is 0 Å². The first kappa shape index (κ1) is 8.55. The fraction of sp³-hybridized carbons (Fsp3) is 1.00. The molecule has 0 aromatic heterocycles. The fourth-order valence-electron chi connectivity index (χ4n) is 3.45. The molecule has 2 rings (SSSR count). The van der Waals surface area contributed by atoms with E-state index in [0.717, 1.165) is 17.8 Å². The second-order valence-corrected chi connectivity index (χ2v) is 4.74. The van der Waals surface area contributed by atoms with E-state index in [1.165, 1.54) is 38.8 Å². The van der Waals surface area contributed by atoms with Crippen molar-refractivity contribution in [3.05, 3.63) is 0 Å². The van der Waals surface area contributed by atoms with Gasteiger partial charge in [0.25, 0.3) is 0 Å². The lowest BCUT2D eigenvalue weighted by atomic mass is 9.68. The van der Waals surface area contributed by atoms with Crippen LogP contribution in [0.25, 0.3) is 0 Å². The lowest BCUT2D eigenvalue weighted by Gasteiger charge is -2.46. The van der Waals surface area contributed by atoms with Gasteiger partial charge < -0.3 is 4.90 Å². The van der Waals surface area contributed by atoms with Crippen molar-refractivity contribution in [1.29, 1.82) is 0 Å². The minimum absolute atomic E-state index is 1.03. The second kappa shape index (κ2) is 3.37. The molecule has 2 aliphatic rings. The van der Waals surface area contributed by atoms with Crippen LogP contribution in [0, 0.1) is 17.8 Å². The number of fused-ring (bicyclic) bond motifs is 2. The van der Waals surface area contributed by atoms with Gasteiger partial charge in [-0.2, -0.15) is 0 Å². The van der Waals surface area contributed by atoms with Crippen molar-refractivity contribution in [3.63, 3.8) is 0 Å². The molecular formula is C11H21N. The SMILES string of the molecule is CCC1C2CCCC1CN(C)C2. The zero-order chi connectivity index (χ0) is 8.55. The quantitative estimate of drug-likeness (QED) is 0.579. The molecule has 0 radical (unpaired) electrons. The first-order valence-corrected chi connectivity index (χ1v) is 5.49. The minimum Gasteiger partial charge on any atom is -0.306 e. The lowest BCUT2D eigenvalue weighted by molar-refractivity contribution is 0.0349. The van der Waals surface area contributed by atoms with Crippen LogP contribution in [-0.4, -0.2) is 25.0 Å². The maximum absolute atomic E-state index is 2.54. The standard InChI is InChI=1S/C11H21N/c1-3-11-9-5-4-6-10(11)8-12(2)7-9/h9-11H,3-8H2,1-2H3. The number of nitrogens with zero attached hydrogens (tertiary/aromatic N) is 1. The molecule has 0 aromatic rings. The summed E-state index contributed by atoms with van der Waals surface area (Å²) in [5.41, 5.74) is 0. The van der Waals surface area contributed by atoms with E-state index in [1.807, 2.05) is 0 Å². The smallest absolute Gasteiger partial charge is 0.000948 e. The van der Waals surface area contributed by atoms with Crippen molar-refractivity contribution in [3.8, 4) is 0 Å². The third-order valence-electron chi connectivity index (χ3n) is 3.92. The summed E-state index contributed by atoms with van der Waals surface area (Å²) in [7, 11) is 2.29. The monoisotopic (exact) mass is 167 g/mol. The molecule has 1 nitrogen and oxygen atoms in total. The Hall–Kier alpha value is -0.0400. The molecule has 70 valence electrons. The minimum atomic E-state index is 1.03. The number of piperidine rings is 1. The van der Waals surface area contributed by atoms with E-state index in [1.54, 1.807) is 0 Å². The van der Waals surface area contributed by atoms with Gasteiger partial charge in [0.15, 0.2) is 0 Å². The molecule has 0 N–H and O–H groups in total. The predicted octanol–water partition coefficient (Wildman–Crippen LogP) is 2.37. The summed E-state index contributed by atoms with van der Waals surface area (Å²) < 4.78 is 0. The zero-order valence-electron chi connectivity index (χ0n) is 8.42. The normalized spacial score (nSPS) is 43.0. The van der Waals surface area contributed by atoms with E-state index in [9.17, 15) is 0 Å². The Morgan fingerprint density at radius 1 is 1.17 bits per heavy atom. The van der Waals surface area contributed by atoms with Gasteiger partial charge in [-0.15, -0.1) is 0 Å². The molecular weight excluding hydrogens is 146 g/mol. The molecule has 0 aromatic carbocycles. The molecule has 12 heavy (non-hydrogen) atoms. The predicted molar refractivity (Wildman–Crippen MR) is 52.1 cm³/mol. The highest BCUT2D eigenvalue weighted by Gasteiger charge is 2.36. The van der Waals surface area contributed by atoms with Gasteiger partial charge in [-0.25, -0.2) is 0 Å². The van der Waals surface area contributed by atoms with Crippen molar-refractivity contribution in [1.82, 2.24) is 4.90 Å². The van der Waals surface area contributed by atoms with Crippen LogP contribution < -0.4 is 0 Å². The average molecular weight is 167 g/mol. The molecule has 2 unspecified atom stereocenters. The Balaban J connectivity index is 2.06. The van der Waals surface area contributed by atoms with Crippen LogP contribution in [-0.2, 0) is 0 Å². The molecule has 2 atom stereocenters. The highest BCUT2D eigenvalue weighted by Crippen LogP contribution is 2.40. The van der Waals surface area contributed by atoms with Crippen LogP contribution >= 0.6 is 0 Å². The summed E-state index contributed by atoms with van der Waals surface area (Å²) >= 11 is 0. The molecule has 1 saturated carbocycles. The van der Waals surface area contributed by atoms with E-state index < -0.39 is 0 Å². The maximum atomic E-state index is 2.54. The summed E-state index contributed by atoms with van der Waals surface area (Å²) in [6.07, 6.45) is 5.92. The molecule has 1 aliphatic heterocycles. The zero-order valence-corrected chi connectivity index (χ0v) is 8.42. The second-order valence-electron chi connectivity index (χ2n) is 4.74. The number of rotatable bonds is 1. The van der Waals surface area contributed by atoms with Gasteiger partial charge in [0, 0.05) is 13.1 Å². The Morgan fingerprint density at radius 3 is 2.25 bits per heavy atom. The number of hydrogen-bond donors (Lipinski definition) is 0. The fourth-order valence-corrected chi connectivity index (χ4v) is 3.45. The van der Waals surface area contributed by atoms with Crippen LogP contribution in [0.2, 0.25) is 0 Å². The van der Waals surface area contributed by atoms with Gasteiger partial charge in [0.1, 0.15) is 0 Å². The average Bonchev–Trinajstić information content (AvgIpc) is 2.02. The first-order chi connectivity index (χ1) is 5.81. The molecule has 0 amide bonds. The van der Waals surface area contributed by atoms with Crippen LogP contribution in [0.3, 0.4) is 0 Å². The van der Waals surface area contributed by atoms with Crippen molar-refractivity contribution in [2.45, 2.75) is 32.6 Å². The summed E-state index contributed by atoms with van der Waals surface area (Å²) in [5, 5.41) is 0. The molecule has 2 fully saturated rings. The molecule has 2 bridgehead atoms. The highest BCUT2D eigenvalue weighted by atomic mass is 15.1. The van der Waals surface area contributed by atoms with E-state index in [0.29, 0.717) is 0 Å². The summed E-state index contributed by atoms with van der Waals surface area (Å²) in [5.74, 6) is 3.13. The van der Waals surface area contributed by atoms with Gasteiger partial charge in [0.05, 0.1) is 0 Å². The highest BCUT2D eigenvalue weighted by molar-refractivity contribution is 4.88. The summed E-state index contributed by atoms with van der Waals surface area (Å²) in [6, 6.07) is 0. The van der Waals surface area contributed by atoms with E-state index in [4.69, 9.17) is 0 Å². The van der Waals surface area contributed by atoms with Gasteiger partial charge in [0.2, 0.25) is 0 Å². The van der Waals surface area contributed by atoms with Crippen molar-refractivity contribution < 1.29 is 0 Å². The topological polar surface area (TPSA) is 3.24 Å². The summed E-state index contributed by atoms with van der Waals surface area (Å²) in [6.45, 7) is 5.12. The Kier molecular flexibility index (Phi) is 2.40. The van der Waals surface area contributed by atoms with Crippen LogP contribution in [0.4, 0.5) is 0 Å². The van der Waals surface area contributed by atoms with E-state index in [-0.39, 0.29) is 0 Å². The Bertz CT molecular complexity index is 141.